The molecule has 1 aliphatic rings. The number of fused-ring (bicyclic) bond motifs is 1. The number of aliphatic carboxylic acids is 1. The van der Waals surface area contributed by atoms with Crippen LogP contribution < -0.4 is 10.9 Å². The van der Waals surface area contributed by atoms with Gasteiger partial charge in [-0.05, 0) is 29.3 Å². The lowest BCUT2D eigenvalue weighted by Crippen LogP contribution is -2.39. The van der Waals surface area contributed by atoms with Crippen molar-refractivity contribution in [3.05, 3.63) is 99.1 Å². The Hall–Kier alpha value is -4.84. The van der Waals surface area contributed by atoms with Crippen LogP contribution >= 0.6 is 0 Å². The molecule has 1 amide bonds. The fourth-order valence-corrected chi connectivity index (χ4v) is 3.95. The number of aromatic nitrogens is 1. The predicted molar refractivity (Wildman–Crippen MR) is 128 cm³/mol. The largest absolute Gasteiger partial charge is 0.505 e. The standard InChI is InChI=1S/C26H22N4O5/c27-13-16-6-8-18(9-7-16)19-12-20-21(29-25(19)34)15-30(14-17-4-2-1-3-5-17)23(24(20)33)26(35)28-11-10-22(31)32/h1-9,12,33H,10-11,14-15H2,(H,28,35)(H,29,34)(H,31,32). The Balaban J connectivity index is 1.76. The van der Waals surface area contributed by atoms with Gasteiger partial charge < -0.3 is 25.4 Å². The van der Waals surface area contributed by atoms with Crippen molar-refractivity contribution in [3.63, 3.8) is 0 Å². The number of aromatic amines is 1. The third kappa shape index (κ3) is 5.07. The van der Waals surface area contributed by atoms with Crippen molar-refractivity contribution in [2.24, 2.45) is 0 Å². The van der Waals surface area contributed by atoms with Gasteiger partial charge in [0.15, 0.2) is 5.76 Å². The number of carboxylic acid groups (broad SMARTS) is 1. The summed E-state index contributed by atoms with van der Waals surface area (Å²) in [6, 6.07) is 19.3. The van der Waals surface area contributed by atoms with Gasteiger partial charge in [0.2, 0.25) is 0 Å². The SMILES string of the molecule is N#Cc1ccc(-c2cc3c([nH]c2=O)CN(Cc2ccccc2)C(C(=O)NCCC(=O)O)=C3O)cc1. The number of hydrogen-bond donors (Lipinski definition) is 4. The third-order valence-electron chi connectivity index (χ3n) is 5.65. The highest BCUT2D eigenvalue weighted by molar-refractivity contribution is 6.00. The fraction of sp³-hybridized carbons (Fsp3) is 0.154. The maximum Gasteiger partial charge on any atom is 0.305 e. The van der Waals surface area contributed by atoms with Gasteiger partial charge in [-0.1, -0.05) is 42.5 Å². The summed E-state index contributed by atoms with van der Waals surface area (Å²) in [5.74, 6) is -1.99. The number of carbonyl (C=O) groups is 2. The van der Waals surface area contributed by atoms with Gasteiger partial charge in [-0.3, -0.25) is 14.4 Å². The highest BCUT2D eigenvalue weighted by atomic mass is 16.4. The number of aliphatic hydroxyl groups excluding tert-OH is 1. The molecule has 3 aromatic rings. The summed E-state index contributed by atoms with van der Waals surface area (Å²) < 4.78 is 0. The van der Waals surface area contributed by atoms with E-state index in [1.807, 2.05) is 36.4 Å². The second kappa shape index (κ2) is 9.97. The molecule has 0 saturated heterocycles. The van der Waals surface area contributed by atoms with Crippen LogP contribution in [0.1, 0.15) is 28.8 Å². The highest BCUT2D eigenvalue weighted by Gasteiger charge is 2.31. The first-order chi connectivity index (χ1) is 16.9. The van der Waals surface area contributed by atoms with Crippen molar-refractivity contribution in [2.75, 3.05) is 6.54 Å². The Bertz CT molecular complexity index is 1400. The summed E-state index contributed by atoms with van der Waals surface area (Å²) in [6.45, 7) is 0.337. The van der Waals surface area contributed by atoms with Crippen LogP contribution in [0.5, 0.6) is 0 Å². The lowest BCUT2D eigenvalue weighted by atomic mass is 9.98. The van der Waals surface area contributed by atoms with E-state index in [1.54, 1.807) is 29.2 Å². The molecule has 35 heavy (non-hydrogen) atoms. The Morgan fingerprint density at radius 1 is 1.09 bits per heavy atom. The molecular formula is C26H22N4O5. The quantitative estimate of drug-likeness (QED) is 0.415. The molecule has 0 atom stereocenters. The second-order valence-corrected chi connectivity index (χ2v) is 8.03. The number of amides is 1. The molecule has 2 heterocycles. The molecule has 0 fully saturated rings. The Morgan fingerprint density at radius 3 is 2.46 bits per heavy atom. The first-order valence-corrected chi connectivity index (χ1v) is 10.9. The van der Waals surface area contributed by atoms with E-state index in [0.29, 0.717) is 22.4 Å². The second-order valence-electron chi connectivity index (χ2n) is 8.03. The number of nitrogens with zero attached hydrogens (tertiary/aromatic N) is 2. The molecule has 1 aliphatic heterocycles. The number of nitriles is 1. The van der Waals surface area contributed by atoms with E-state index in [9.17, 15) is 19.5 Å². The van der Waals surface area contributed by atoms with Crippen molar-refractivity contribution in [3.8, 4) is 17.2 Å². The van der Waals surface area contributed by atoms with Crippen molar-refractivity contribution in [1.82, 2.24) is 15.2 Å². The van der Waals surface area contributed by atoms with Crippen LogP contribution in [0.2, 0.25) is 0 Å². The maximum atomic E-state index is 13.0. The molecule has 0 bridgehead atoms. The van der Waals surface area contributed by atoms with E-state index in [4.69, 9.17) is 10.4 Å². The Kier molecular flexibility index (Phi) is 6.64. The van der Waals surface area contributed by atoms with E-state index >= 15 is 0 Å². The summed E-state index contributed by atoms with van der Waals surface area (Å²) >= 11 is 0. The summed E-state index contributed by atoms with van der Waals surface area (Å²) in [5, 5.41) is 31.6. The van der Waals surface area contributed by atoms with Gasteiger partial charge >= 0.3 is 5.97 Å². The third-order valence-corrected chi connectivity index (χ3v) is 5.65. The molecule has 0 aliphatic carbocycles. The number of hydrogen-bond acceptors (Lipinski definition) is 6. The van der Waals surface area contributed by atoms with Gasteiger partial charge in [0.25, 0.3) is 11.5 Å². The molecule has 9 nitrogen and oxygen atoms in total. The van der Waals surface area contributed by atoms with Crippen LogP contribution in [0, 0.1) is 11.3 Å². The van der Waals surface area contributed by atoms with E-state index in [0.717, 1.165) is 5.56 Å². The number of rotatable bonds is 7. The van der Waals surface area contributed by atoms with Crippen LogP contribution in [0.4, 0.5) is 0 Å². The zero-order chi connectivity index (χ0) is 24.9. The van der Waals surface area contributed by atoms with Crippen molar-refractivity contribution >= 4 is 17.6 Å². The summed E-state index contributed by atoms with van der Waals surface area (Å²) in [5.41, 5.74) is 2.54. The Morgan fingerprint density at radius 2 is 1.80 bits per heavy atom. The minimum absolute atomic E-state index is 0.00966. The summed E-state index contributed by atoms with van der Waals surface area (Å²) in [6.07, 6.45) is -0.259. The van der Waals surface area contributed by atoms with Gasteiger partial charge in [0, 0.05) is 29.9 Å². The first-order valence-electron chi connectivity index (χ1n) is 10.9. The smallest absolute Gasteiger partial charge is 0.305 e. The van der Waals surface area contributed by atoms with Crippen LogP contribution in [-0.2, 0) is 22.7 Å². The molecule has 0 spiro atoms. The van der Waals surface area contributed by atoms with Crippen LogP contribution in [0.25, 0.3) is 16.9 Å². The van der Waals surface area contributed by atoms with E-state index in [2.05, 4.69) is 10.3 Å². The summed E-state index contributed by atoms with van der Waals surface area (Å²) in [7, 11) is 0. The van der Waals surface area contributed by atoms with Crippen molar-refractivity contribution in [2.45, 2.75) is 19.5 Å². The summed E-state index contributed by atoms with van der Waals surface area (Å²) in [4.78, 5) is 41.2. The predicted octanol–water partition coefficient (Wildman–Crippen LogP) is 2.75. The van der Waals surface area contributed by atoms with Crippen LogP contribution in [-0.4, -0.2) is 38.5 Å². The van der Waals surface area contributed by atoms with Gasteiger partial charge in [-0.15, -0.1) is 0 Å². The average molecular weight is 470 g/mol. The van der Waals surface area contributed by atoms with Crippen LogP contribution in [0.3, 0.4) is 0 Å². The number of nitrogens with one attached hydrogen (secondary N) is 2. The van der Waals surface area contributed by atoms with Gasteiger partial charge in [0.1, 0.15) is 5.70 Å². The number of carboxylic acids is 1. The highest BCUT2D eigenvalue weighted by Crippen LogP contribution is 2.32. The zero-order valence-electron chi connectivity index (χ0n) is 18.6. The van der Waals surface area contributed by atoms with Gasteiger partial charge in [0.05, 0.1) is 24.6 Å². The molecule has 4 N–H and O–H groups in total. The molecule has 0 radical (unpaired) electrons. The minimum atomic E-state index is -1.05. The zero-order valence-corrected chi connectivity index (χ0v) is 18.6. The topological polar surface area (TPSA) is 147 Å². The normalized spacial score (nSPS) is 12.6. The fourth-order valence-electron chi connectivity index (χ4n) is 3.95. The van der Waals surface area contributed by atoms with Crippen LogP contribution in [0.15, 0.2) is 71.2 Å². The molecular weight excluding hydrogens is 448 g/mol. The monoisotopic (exact) mass is 470 g/mol. The number of carbonyl (C=O) groups excluding carboxylic acids is 1. The molecule has 2 aromatic carbocycles. The molecule has 9 heteroatoms. The van der Waals surface area contributed by atoms with Crippen molar-refractivity contribution < 1.29 is 19.8 Å². The lowest BCUT2D eigenvalue weighted by molar-refractivity contribution is -0.136. The molecule has 4 rings (SSSR count). The van der Waals surface area contributed by atoms with E-state index < -0.39 is 11.9 Å². The van der Waals surface area contributed by atoms with Crippen molar-refractivity contribution in [1.29, 1.82) is 5.26 Å². The molecule has 0 unspecified atom stereocenters. The average Bonchev–Trinajstić information content (AvgIpc) is 2.84. The number of aliphatic hydroxyl groups is 1. The maximum absolute atomic E-state index is 13.0. The lowest BCUT2D eigenvalue weighted by Gasteiger charge is -2.32. The number of benzene rings is 2. The number of pyridine rings is 1. The Labute approximate surface area is 200 Å². The minimum Gasteiger partial charge on any atom is -0.505 e. The first kappa shape index (κ1) is 23.3. The van der Waals surface area contributed by atoms with E-state index in [-0.39, 0.29) is 48.6 Å². The van der Waals surface area contributed by atoms with E-state index in [1.165, 1.54) is 6.07 Å². The molecule has 1 aromatic heterocycles. The van der Waals surface area contributed by atoms with Gasteiger partial charge in [-0.25, -0.2) is 0 Å². The van der Waals surface area contributed by atoms with Gasteiger partial charge in [-0.2, -0.15) is 5.26 Å². The molecule has 176 valence electrons. The number of H-pyrrole nitrogens is 1. The molecule has 0 saturated carbocycles.